The third-order valence-electron chi connectivity index (χ3n) is 9.14. The third-order valence-corrected chi connectivity index (χ3v) is 9.14. The molecule has 0 radical (unpaired) electrons. The molecule has 1 heterocycles. The van der Waals surface area contributed by atoms with Gasteiger partial charge in [-0.25, -0.2) is 0 Å². The van der Waals surface area contributed by atoms with Gasteiger partial charge in [-0.15, -0.1) is 0 Å². The summed E-state index contributed by atoms with van der Waals surface area (Å²) in [4.78, 5) is 14.6. The number of para-hydroxylation sites is 2. The van der Waals surface area contributed by atoms with Gasteiger partial charge in [0.25, 0.3) is 0 Å². The van der Waals surface area contributed by atoms with Crippen LogP contribution < -0.4 is 20.0 Å². The van der Waals surface area contributed by atoms with E-state index in [0.29, 0.717) is 11.8 Å². The Morgan fingerprint density at radius 2 is 1.62 bits per heavy atom. The Bertz CT molecular complexity index is 1060. The van der Waals surface area contributed by atoms with Crippen LogP contribution >= 0.6 is 0 Å². The van der Waals surface area contributed by atoms with Gasteiger partial charge in [-0.05, 0) is 87.2 Å². The zero-order chi connectivity index (χ0) is 28.5. The van der Waals surface area contributed by atoms with Crippen molar-refractivity contribution in [3.63, 3.8) is 0 Å². The van der Waals surface area contributed by atoms with Gasteiger partial charge in [0.15, 0.2) is 11.5 Å². The van der Waals surface area contributed by atoms with E-state index in [-0.39, 0.29) is 12.1 Å². The Balaban J connectivity index is 1.62. The number of quaternary nitrogens is 1. The monoisotopic (exact) mass is 547 g/mol. The van der Waals surface area contributed by atoms with Gasteiger partial charge in [0, 0.05) is 36.8 Å². The summed E-state index contributed by atoms with van der Waals surface area (Å²) < 4.78 is 0.937. The van der Waals surface area contributed by atoms with Crippen LogP contribution in [0.2, 0.25) is 0 Å². The zero-order valence-corrected chi connectivity index (χ0v) is 25.9. The number of benzene rings is 2. The summed E-state index contributed by atoms with van der Waals surface area (Å²) in [6, 6.07) is 17.2. The van der Waals surface area contributed by atoms with E-state index >= 15 is 0 Å². The normalized spacial score (nSPS) is 21.3. The quantitative estimate of drug-likeness (QED) is 0.134. The van der Waals surface area contributed by atoms with Gasteiger partial charge >= 0.3 is 0 Å². The molecule has 0 spiro atoms. The minimum Gasteiger partial charge on any atom is -0.318 e. The summed E-state index contributed by atoms with van der Waals surface area (Å²) in [7, 11) is 0. The van der Waals surface area contributed by atoms with Gasteiger partial charge in [0.1, 0.15) is 5.69 Å². The lowest BCUT2D eigenvalue weighted by Gasteiger charge is -2.43. The molecule has 2 aliphatic rings. The highest BCUT2D eigenvalue weighted by atomic mass is 16.1. The first-order valence-electron chi connectivity index (χ1n) is 16.1. The summed E-state index contributed by atoms with van der Waals surface area (Å²) in [6.45, 7) is 16.5. The molecular formula is C35H55N4O+. The van der Waals surface area contributed by atoms with Crippen LogP contribution in [0.4, 0.5) is 17.1 Å². The Morgan fingerprint density at radius 3 is 2.30 bits per heavy atom. The molecule has 2 atom stereocenters. The topological polar surface area (TPSA) is 44.4 Å². The van der Waals surface area contributed by atoms with Gasteiger partial charge in [-0.2, -0.15) is 0 Å². The van der Waals surface area contributed by atoms with Crippen LogP contribution in [-0.4, -0.2) is 44.8 Å². The SMILES string of the molecule is CC(=O)c1ccc(NC2N(CCC(C)C)c3ccccc3[N+]2(CCCNCC2CCCCC2)CCC(C)C)cc1. The van der Waals surface area contributed by atoms with Crippen LogP contribution in [-0.2, 0) is 0 Å². The van der Waals surface area contributed by atoms with Crippen molar-refractivity contribution >= 4 is 22.8 Å². The predicted octanol–water partition coefficient (Wildman–Crippen LogP) is 8.06. The van der Waals surface area contributed by atoms with E-state index in [0.717, 1.165) is 60.7 Å². The molecule has 0 aromatic heterocycles. The maximum absolute atomic E-state index is 11.9. The maximum atomic E-state index is 11.9. The first-order chi connectivity index (χ1) is 19.3. The minimum atomic E-state index is 0.112. The van der Waals surface area contributed by atoms with E-state index in [1.54, 1.807) is 6.92 Å². The Morgan fingerprint density at radius 1 is 0.925 bits per heavy atom. The van der Waals surface area contributed by atoms with Crippen molar-refractivity contribution < 1.29 is 4.79 Å². The van der Waals surface area contributed by atoms with E-state index in [4.69, 9.17) is 0 Å². The number of anilines is 2. The second-order valence-electron chi connectivity index (χ2n) is 13.2. The van der Waals surface area contributed by atoms with Crippen molar-refractivity contribution in [2.75, 3.05) is 42.9 Å². The smallest absolute Gasteiger partial charge is 0.248 e. The fourth-order valence-corrected chi connectivity index (χ4v) is 6.68. The molecule has 0 saturated heterocycles. The van der Waals surface area contributed by atoms with Gasteiger partial charge in [-0.3, -0.25) is 14.2 Å². The molecule has 40 heavy (non-hydrogen) atoms. The first-order valence-corrected chi connectivity index (χ1v) is 16.1. The van der Waals surface area contributed by atoms with E-state index in [1.807, 2.05) is 12.1 Å². The number of rotatable bonds is 15. The number of hydrogen-bond acceptors (Lipinski definition) is 4. The number of nitrogens with zero attached hydrogens (tertiary/aromatic N) is 2. The van der Waals surface area contributed by atoms with Crippen molar-refractivity contribution in [2.45, 2.75) is 92.3 Å². The van der Waals surface area contributed by atoms with Crippen LogP contribution in [0.3, 0.4) is 0 Å². The predicted molar refractivity (Wildman–Crippen MR) is 172 cm³/mol. The third kappa shape index (κ3) is 7.67. The standard InChI is InChI=1S/C35H54N4O/c1-27(2)20-23-38-33-14-9-10-15-34(33)39(25-21-28(3)4,24-11-22-36-26-30-12-7-6-8-13-30)35(38)37-32-18-16-31(17-19-32)29(5)40/h9-10,14-19,27-28,30,35-36H,6-8,11-13,20-26H2,1-5H3/p+1. The second-order valence-corrected chi connectivity index (χ2v) is 13.2. The van der Waals surface area contributed by atoms with Crippen LogP contribution in [0.1, 0.15) is 96.3 Å². The molecule has 2 N–H and O–H groups in total. The number of carbonyl (C=O) groups excluding carboxylic acids is 1. The number of fused-ring (bicyclic) bond motifs is 1. The van der Waals surface area contributed by atoms with Crippen molar-refractivity contribution in [3.8, 4) is 0 Å². The van der Waals surface area contributed by atoms with E-state index in [2.05, 4.69) is 79.6 Å². The lowest BCUT2D eigenvalue weighted by atomic mass is 9.89. The lowest BCUT2D eigenvalue weighted by Crippen LogP contribution is -2.64. The summed E-state index contributed by atoms with van der Waals surface area (Å²) >= 11 is 0. The molecule has 2 aromatic carbocycles. The number of ketones is 1. The maximum Gasteiger partial charge on any atom is 0.248 e. The van der Waals surface area contributed by atoms with Crippen LogP contribution in [0.25, 0.3) is 0 Å². The molecule has 2 unspecified atom stereocenters. The second kappa shape index (κ2) is 14.5. The van der Waals surface area contributed by atoms with Crippen molar-refractivity contribution in [1.29, 1.82) is 0 Å². The molecule has 5 nitrogen and oxygen atoms in total. The van der Waals surface area contributed by atoms with Gasteiger partial charge in [0.05, 0.1) is 13.1 Å². The Labute approximate surface area is 244 Å². The highest BCUT2D eigenvalue weighted by molar-refractivity contribution is 5.94. The molecule has 4 rings (SSSR count). The van der Waals surface area contributed by atoms with Gasteiger partial charge < -0.3 is 10.6 Å². The molecule has 1 fully saturated rings. The van der Waals surface area contributed by atoms with Crippen LogP contribution in [0, 0.1) is 17.8 Å². The zero-order valence-electron chi connectivity index (χ0n) is 25.9. The number of Topliss-reactive ketones (excluding diaryl/α,β-unsaturated/α-hetero) is 1. The molecule has 220 valence electrons. The summed E-state index contributed by atoms with van der Waals surface area (Å²) in [5.41, 5.74) is 4.68. The summed E-state index contributed by atoms with van der Waals surface area (Å²) in [6.07, 6.45) is 10.6. The average Bonchev–Trinajstić information content (AvgIpc) is 3.20. The van der Waals surface area contributed by atoms with E-state index < -0.39 is 0 Å². The number of nitrogens with one attached hydrogen (secondary N) is 2. The summed E-state index contributed by atoms with van der Waals surface area (Å²) in [5.74, 6) is 2.27. The van der Waals surface area contributed by atoms with Crippen molar-refractivity contribution in [2.24, 2.45) is 17.8 Å². The average molecular weight is 548 g/mol. The van der Waals surface area contributed by atoms with Crippen molar-refractivity contribution in [1.82, 2.24) is 9.80 Å². The molecular weight excluding hydrogens is 492 g/mol. The first kappa shape index (κ1) is 30.6. The minimum absolute atomic E-state index is 0.112. The molecule has 1 saturated carbocycles. The Hall–Kier alpha value is -2.37. The van der Waals surface area contributed by atoms with Crippen LogP contribution in [0.15, 0.2) is 48.5 Å². The highest BCUT2D eigenvalue weighted by Crippen LogP contribution is 2.46. The van der Waals surface area contributed by atoms with Gasteiger partial charge in [-0.1, -0.05) is 59.1 Å². The summed E-state index contributed by atoms with van der Waals surface area (Å²) in [5, 5.41) is 7.84. The molecule has 1 aliphatic carbocycles. The fourth-order valence-electron chi connectivity index (χ4n) is 6.68. The van der Waals surface area contributed by atoms with Crippen molar-refractivity contribution in [3.05, 3.63) is 54.1 Å². The molecule has 1 aliphatic heterocycles. The number of carbonyl (C=O) groups is 1. The van der Waals surface area contributed by atoms with E-state index in [9.17, 15) is 4.79 Å². The molecule has 0 bridgehead atoms. The van der Waals surface area contributed by atoms with Gasteiger partial charge in [0.2, 0.25) is 6.29 Å². The highest BCUT2D eigenvalue weighted by Gasteiger charge is 2.50. The van der Waals surface area contributed by atoms with E-state index in [1.165, 1.54) is 56.4 Å². The number of hydrogen-bond donors (Lipinski definition) is 2. The lowest BCUT2D eigenvalue weighted by molar-refractivity contribution is 0.101. The molecule has 5 heteroatoms. The largest absolute Gasteiger partial charge is 0.318 e. The molecule has 2 aromatic rings. The van der Waals surface area contributed by atoms with Crippen LogP contribution in [0.5, 0.6) is 0 Å². The fraction of sp³-hybridized carbons (Fsp3) is 0.629. The molecule has 0 amide bonds. The Kier molecular flexibility index (Phi) is 11.1.